The summed E-state index contributed by atoms with van der Waals surface area (Å²) in [5, 5.41) is 3.29. The standard InChI is InChI=1S/C13H22N2O2S/c1-3-13(11-12-7-5-4-6-8-12)15-9-10-18(16,17)14-2/h4-8,13-15H,3,9-11H2,1-2H3. The van der Waals surface area contributed by atoms with Crippen molar-refractivity contribution in [3.05, 3.63) is 35.9 Å². The second kappa shape index (κ2) is 7.51. The van der Waals surface area contributed by atoms with E-state index in [1.165, 1.54) is 12.6 Å². The highest BCUT2D eigenvalue weighted by molar-refractivity contribution is 7.89. The quantitative estimate of drug-likeness (QED) is 0.745. The molecule has 1 rings (SSSR count). The third kappa shape index (κ3) is 5.62. The predicted octanol–water partition coefficient (Wildman–Crippen LogP) is 1.15. The fourth-order valence-corrected chi connectivity index (χ4v) is 2.35. The molecule has 0 saturated heterocycles. The van der Waals surface area contributed by atoms with Crippen LogP contribution in [-0.4, -0.2) is 33.8 Å². The van der Waals surface area contributed by atoms with E-state index in [9.17, 15) is 8.42 Å². The molecule has 0 aliphatic heterocycles. The van der Waals surface area contributed by atoms with Crippen LogP contribution in [-0.2, 0) is 16.4 Å². The number of rotatable bonds is 8. The number of hydrogen-bond donors (Lipinski definition) is 2. The van der Waals surface area contributed by atoms with Crippen molar-refractivity contribution < 1.29 is 8.42 Å². The van der Waals surface area contributed by atoms with Gasteiger partial charge >= 0.3 is 0 Å². The van der Waals surface area contributed by atoms with Gasteiger partial charge in [0, 0.05) is 12.6 Å². The molecule has 18 heavy (non-hydrogen) atoms. The topological polar surface area (TPSA) is 58.2 Å². The van der Waals surface area contributed by atoms with Gasteiger partial charge in [-0.15, -0.1) is 0 Å². The van der Waals surface area contributed by atoms with Gasteiger partial charge in [0.25, 0.3) is 0 Å². The summed E-state index contributed by atoms with van der Waals surface area (Å²) in [6, 6.07) is 10.5. The molecule has 0 amide bonds. The summed E-state index contributed by atoms with van der Waals surface area (Å²) in [7, 11) is -1.67. The molecular formula is C13H22N2O2S. The summed E-state index contributed by atoms with van der Waals surface area (Å²) < 4.78 is 24.9. The molecule has 0 fully saturated rings. The molecule has 1 unspecified atom stereocenters. The van der Waals surface area contributed by atoms with Gasteiger partial charge in [-0.2, -0.15) is 0 Å². The van der Waals surface area contributed by atoms with E-state index in [1.54, 1.807) is 0 Å². The summed E-state index contributed by atoms with van der Waals surface area (Å²) >= 11 is 0. The molecule has 102 valence electrons. The lowest BCUT2D eigenvalue weighted by atomic mass is 10.0. The summed E-state index contributed by atoms with van der Waals surface area (Å²) in [5.74, 6) is 0.120. The smallest absolute Gasteiger partial charge is 0.212 e. The highest BCUT2D eigenvalue weighted by atomic mass is 32.2. The summed E-state index contributed by atoms with van der Waals surface area (Å²) in [4.78, 5) is 0. The van der Waals surface area contributed by atoms with Crippen LogP contribution in [0.2, 0.25) is 0 Å². The first kappa shape index (κ1) is 15.1. The van der Waals surface area contributed by atoms with Crippen LogP contribution in [0.5, 0.6) is 0 Å². The molecule has 0 radical (unpaired) electrons. The molecule has 4 nitrogen and oxygen atoms in total. The molecule has 1 aromatic rings. The Morgan fingerprint density at radius 3 is 2.44 bits per heavy atom. The van der Waals surface area contributed by atoms with E-state index in [0.29, 0.717) is 12.6 Å². The van der Waals surface area contributed by atoms with Crippen LogP contribution < -0.4 is 10.0 Å². The third-order valence-corrected chi connectivity index (χ3v) is 4.30. The van der Waals surface area contributed by atoms with Gasteiger partial charge in [0.05, 0.1) is 5.75 Å². The van der Waals surface area contributed by atoms with E-state index in [0.717, 1.165) is 12.8 Å². The molecule has 5 heteroatoms. The second-order valence-corrected chi connectivity index (χ2v) is 6.32. The lowest BCUT2D eigenvalue weighted by Crippen LogP contribution is -2.36. The minimum absolute atomic E-state index is 0.120. The maximum absolute atomic E-state index is 11.3. The van der Waals surface area contributed by atoms with Crippen molar-refractivity contribution in [2.45, 2.75) is 25.8 Å². The predicted molar refractivity (Wildman–Crippen MR) is 75.1 cm³/mol. The maximum Gasteiger partial charge on any atom is 0.212 e. The highest BCUT2D eigenvalue weighted by Crippen LogP contribution is 2.05. The van der Waals surface area contributed by atoms with Gasteiger partial charge in [-0.25, -0.2) is 13.1 Å². The number of benzene rings is 1. The van der Waals surface area contributed by atoms with Gasteiger partial charge in [-0.3, -0.25) is 0 Å². The van der Waals surface area contributed by atoms with Gasteiger partial charge in [0.1, 0.15) is 0 Å². The SMILES string of the molecule is CCC(Cc1ccccc1)NCCS(=O)(=O)NC. The average Bonchev–Trinajstić information content (AvgIpc) is 2.38. The Labute approximate surface area is 110 Å². The van der Waals surface area contributed by atoms with Crippen LogP contribution in [0.1, 0.15) is 18.9 Å². The van der Waals surface area contributed by atoms with Gasteiger partial charge in [0.2, 0.25) is 10.0 Å². The molecule has 2 N–H and O–H groups in total. The summed E-state index contributed by atoms with van der Waals surface area (Å²) in [6.07, 6.45) is 1.91. The number of sulfonamides is 1. The Morgan fingerprint density at radius 2 is 1.89 bits per heavy atom. The minimum atomic E-state index is -3.11. The lowest BCUT2D eigenvalue weighted by molar-refractivity contribution is 0.506. The second-order valence-electron chi connectivity index (χ2n) is 4.27. The lowest BCUT2D eigenvalue weighted by Gasteiger charge is -2.17. The Kier molecular flexibility index (Phi) is 6.32. The molecule has 0 aliphatic carbocycles. The molecule has 1 aromatic carbocycles. The molecule has 0 spiro atoms. The number of hydrogen-bond acceptors (Lipinski definition) is 3. The van der Waals surface area contributed by atoms with Crippen molar-refractivity contribution in [1.82, 2.24) is 10.0 Å². The zero-order valence-electron chi connectivity index (χ0n) is 11.0. The zero-order valence-corrected chi connectivity index (χ0v) is 11.8. The molecule has 0 aromatic heterocycles. The van der Waals surface area contributed by atoms with Crippen LogP contribution in [0.3, 0.4) is 0 Å². The summed E-state index contributed by atoms with van der Waals surface area (Å²) in [5.41, 5.74) is 1.27. The number of nitrogens with one attached hydrogen (secondary N) is 2. The van der Waals surface area contributed by atoms with E-state index in [-0.39, 0.29) is 5.75 Å². The van der Waals surface area contributed by atoms with Gasteiger partial charge in [0.15, 0.2) is 0 Å². The molecule has 1 atom stereocenters. The first-order chi connectivity index (χ1) is 8.57. The van der Waals surface area contributed by atoms with E-state index in [4.69, 9.17) is 0 Å². The largest absolute Gasteiger partial charge is 0.313 e. The normalized spacial score (nSPS) is 13.4. The van der Waals surface area contributed by atoms with Crippen LogP contribution in [0.25, 0.3) is 0 Å². The molecule has 0 bridgehead atoms. The fourth-order valence-electron chi connectivity index (χ4n) is 1.76. The zero-order chi connectivity index (χ0) is 13.4. The average molecular weight is 270 g/mol. The van der Waals surface area contributed by atoms with E-state index < -0.39 is 10.0 Å². The van der Waals surface area contributed by atoms with Gasteiger partial charge in [-0.05, 0) is 25.5 Å². The molecule has 0 saturated carbocycles. The molecular weight excluding hydrogens is 248 g/mol. The van der Waals surface area contributed by atoms with Crippen LogP contribution >= 0.6 is 0 Å². The van der Waals surface area contributed by atoms with Gasteiger partial charge < -0.3 is 5.32 Å². The van der Waals surface area contributed by atoms with Crippen molar-refractivity contribution in [3.8, 4) is 0 Å². The van der Waals surface area contributed by atoms with Crippen LogP contribution in [0, 0.1) is 0 Å². The highest BCUT2D eigenvalue weighted by Gasteiger charge is 2.10. The first-order valence-corrected chi connectivity index (χ1v) is 7.91. The Morgan fingerprint density at radius 1 is 1.22 bits per heavy atom. The van der Waals surface area contributed by atoms with Crippen molar-refractivity contribution in [2.75, 3.05) is 19.3 Å². The van der Waals surface area contributed by atoms with E-state index >= 15 is 0 Å². The fraction of sp³-hybridized carbons (Fsp3) is 0.538. The molecule has 0 heterocycles. The maximum atomic E-state index is 11.3. The van der Waals surface area contributed by atoms with E-state index in [2.05, 4.69) is 29.1 Å². The Balaban J connectivity index is 2.39. The molecule has 0 aliphatic rings. The van der Waals surface area contributed by atoms with Crippen molar-refractivity contribution in [3.63, 3.8) is 0 Å². The van der Waals surface area contributed by atoms with Gasteiger partial charge in [-0.1, -0.05) is 37.3 Å². The van der Waals surface area contributed by atoms with E-state index in [1.807, 2.05) is 18.2 Å². The van der Waals surface area contributed by atoms with Crippen molar-refractivity contribution >= 4 is 10.0 Å². The Hall–Kier alpha value is -0.910. The van der Waals surface area contributed by atoms with Crippen LogP contribution in [0.15, 0.2) is 30.3 Å². The first-order valence-electron chi connectivity index (χ1n) is 6.26. The Bertz CT molecular complexity index is 432. The minimum Gasteiger partial charge on any atom is -0.313 e. The third-order valence-electron chi connectivity index (χ3n) is 2.93. The summed E-state index contributed by atoms with van der Waals surface area (Å²) in [6.45, 7) is 2.59. The van der Waals surface area contributed by atoms with Crippen molar-refractivity contribution in [2.24, 2.45) is 0 Å². The monoisotopic (exact) mass is 270 g/mol. The van der Waals surface area contributed by atoms with Crippen molar-refractivity contribution in [1.29, 1.82) is 0 Å². The van der Waals surface area contributed by atoms with Crippen LogP contribution in [0.4, 0.5) is 0 Å².